The third-order valence-electron chi connectivity index (χ3n) is 2.65. The summed E-state index contributed by atoms with van der Waals surface area (Å²) >= 11 is 0. The average Bonchev–Trinajstić information content (AvgIpc) is 2.28. The van der Waals surface area contributed by atoms with E-state index in [0.717, 1.165) is 5.56 Å². The minimum Gasteiger partial charge on any atom is -0.497 e. The number of nitrogens with two attached hydrogens (primary N) is 1. The van der Waals surface area contributed by atoms with Crippen LogP contribution in [0.3, 0.4) is 0 Å². The maximum absolute atomic E-state index is 11.8. The van der Waals surface area contributed by atoms with Gasteiger partial charge in [0.15, 0.2) is 9.84 Å². The lowest BCUT2D eigenvalue weighted by atomic mass is 10.1. The van der Waals surface area contributed by atoms with E-state index in [1.807, 2.05) is 6.07 Å². The van der Waals surface area contributed by atoms with Crippen LogP contribution in [0, 0.1) is 0 Å². The maximum Gasteiger partial charge on any atom is 0.154 e. The SMILES string of the molecule is COc1cccc(C(N)CS(=O)(=O)C(C)C)c1. The van der Waals surface area contributed by atoms with E-state index in [9.17, 15) is 8.42 Å². The summed E-state index contributed by atoms with van der Waals surface area (Å²) in [6.07, 6.45) is 0. The molecule has 2 N–H and O–H groups in total. The van der Waals surface area contributed by atoms with E-state index in [1.54, 1.807) is 39.2 Å². The topological polar surface area (TPSA) is 69.4 Å². The molecular formula is C12H19NO3S. The Balaban J connectivity index is 2.86. The Morgan fingerprint density at radius 2 is 2.00 bits per heavy atom. The molecule has 5 heteroatoms. The third kappa shape index (κ3) is 3.71. The van der Waals surface area contributed by atoms with Crippen LogP contribution in [0.25, 0.3) is 0 Å². The van der Waals surface area contributed by atoms with Crippen LogP contribution in [-0.4, -0.2) is 26.5 Å². The second-order valence-electron chi connectivity index (χ2n) is 4.26. The Kier molecular flexibility index (Phi) is 4.54. The van der Waals surface area contributed by atoms with Crippen molar-refractivity contribution in [3.8, 4) is 5.75 Å². The van der Waals surface area contributed by atoms with E-state index >= 15 is 0 Å². The molecule has 0 aliphatic carbocycles. The number of ether oxygens (including phenoxy) is 1. The van der Waals surface area contributed by atoms with Crippen LogP contribution in [0.4, 0.5) is 0 Å². The molecule has 17 heavy (non-hydrogen) atoms. The first-order valence-corrected chi connectivity index (χ1v) is 7.19. The predicted octanol–water partition coefficient (Wildman–Crippen LogP) is 1.52. The van der Waals surface area contributed by atoms with Crippen LogP contribution in [0.1, 0.15) is 25.5 Å². The molecule has 4 nitrogen and oxygen atoms in total. The summed E-state index contributed by atoms with van der Waals surface area (Å²) in [7, 11) is -1.57. The number of sulfone groups is 1. The lowest BCUT2D eigenvalue weighted by molar-refractivity contribution is 0.414. The summed E-state index contributed by atoms with van der Waals surface area (Å²) in [6.45, 7) is 3.32. The van der Waals surface area contributed by atoms with E-state index in [1.165, 1.54) is 0 Å². The van der Waals surface area contributed by atoms with Gasteiger partial charge in [-0.1, -0.05) is 12.1 Å². The standard InChI is InChI=1S/C12H19NO3S/c1-9(2)17(14,15)8-12(13)10-5-4-6-11(7-10)16-3/h4-7,9,12H,8,13H2,1-3H3. The van der Waals surface area contributed by atoms with Gasteiger partial charge < -0.3 is 10.5 Å². The van der Waals surface area contributed by atoms with Gasteiger partial charge in [0, 0.05) is 6.04 Å². The fourth-order valence-electron chi connectivity index (χ4n) is 1.41. The number of benzene rings is 1. The highest BCUT2D eigenvalue weighted by molar-refractivity contribution is 7.92. The highest BCUT2D eigenvalue weighted by Crippen LogP contribution is 2.19. The molecule has 1 rings (SSSR count). The second-order valence-corrected chi connectivity index (χ2v) is 6.86. The zero-order chi connectivity index (χ0) is 13.1. The summed E-state index contributed by atoms with van der Waals surface area (Å²) in [5.74, 6) is 0.637. The first kappa shape index (κ1) is 14.0. The molecule has 0 aromatic heterocycles. The van der Waals surface area contributed by atoms with Crippen LogP contribution in [0.5, 0.6) is 5.75 Å². The predicted molar refractivity (Wildman–Crippen MR) is 68.8 cm³/mol. The van der Waals surface area contributed by atoms with Gasteiger partial charge in [-0.3, -0.25) is 0 Å². The van der Waals surface area contributed by atoms with E-state index in [2.05, 4.69) is 0 Å². The largest absolute Gasteiger partial charge is 0.497 e. The number of hydrogen-bond acceptors (Lipinski definition) is 4. The normalized spacial score (nSPS) is 13.7. The summed E-state index contributed by atoms with van der Waals surface area (Å²) in [5, 5.41) is -0.404. The van der Waals surface area contributed by atoms with Gasteiger partial charge in [-0.2, -0.15) is 0 Å². The van der Waals surface area contributed by atoms with Crippen molar-refractivity contribution in [1.82, 2.24) is 0 Å². The molecule has 0 saturated carbocycles. The van der Waals surface area contributed by atoms with Crippen molar-refractivity contribution in [2.75, 3.05) is 12.9 Å². The van der Waals surface area contributed by atoms with Gasteiger partial charge in [0.05, 0.1) is 18.1 Å². The van der Waals surface area contributed by atoms with Gasteiger partial charge in [-0.05, 0) is 31.5 Å². The van der Waals surface area contributed by atoms with Gasteiger partial charge in [0.25, 0.3) is 0 Å². The van der Waals surface area contributed by atoms with Gasteiger partial charge in [0.2, 0.25) is 0 Å². The molecule has 0 radical (unpaired) electrons. The van der Waals surface area contributed by atoms with Crippen LogP contribution in [0.2, 0.25) is 0 Å². The van der Waals surface area contributed by atoms with Crippen molar-refractivity contribution in [1.29, 1.82) is 0 Å². The average molecular weight is 257 g/mol. The third-order valence-corrected chi connectivity index (χ3v) is 4.91. The van der Waals surface area contributed by atoms with Gasteiger partial charge in [-0.25, -0.2) is 8.42 Å². The van der Waals surface area contributed by atoms with E-state index < -0.39 is 21.1 Å². The summed E-state index contributed by atoms with van der Waals surface area (Å²) < 4.78 is 28.6. The van der Waals surface area contributed by atoms with Gasteiger partial charge in [0.1, 0.15) is 5.75 Å². The molecule has 1 atom stereocenters. The van der Waals surface area contributed by atoms with Crippen LogP contribution in [0.15, 0.2) is 24.3 Å². The minimum absolute atomic E-state index is 0.0438. The molecule has 1 aromatic rings. The first-order valence-electron chi connectivity index (χ1n) is 5.48. The minimum atomic E-state index is -3.13. The molecular weight excluding hydrogens is 238 g/mol. The number of methoxy groups -OCH3 is 1. The molecule has 0 spiro atoms. The quantitative estimate of drug-likeness (QED) is 0.868. The zero-order valence-corrected chi connectivity index (χ0v) is 11.2. The van der Waals surface area contributed by atoms with Crippen molar-refractivity contribution in [3.63, 3.8) is 0 Å². The lowest BCUT2D eigenvalue weighted by Crippen LogP contribution is -2.26. The molecule has 1 aromatic carbocycles. The Bertz CT molecular complexity index is 468. The monoisotopic (exact) mass is 257 g/mol. The number of rotatable bonds is 5. The summed E-state index contributed by atoms with van der Waals surface area (Å²) in [6, 6.07) is 6.66. The smallest absolute Gasteiger partial charge is 0.154 e. The van der Waals surface area contributed by atoms with Crippen molar-refractivity contribution in [3.05, 3.63) is 29.8 Å². The van der Waals surface area contributed by atoms with Crippen LogP contribution < -0.4 is 10.5 Å². The Labute approximate surface area is 103 Å². The molecule has 0 aliphatic heterocycles. The summed E-state index contributed by atoms with van der Waals surface area (Å²) in [4.78, 5) is 0. The molecule has 0 amide bonds. The molecule has 0 aliphatic rings. The molecule has 1 unspecified atom stereocenters. The van der Waals surface area contributed by atoms with Crippen LogP contribution >= 0.6 is 0 Å². The Morgan fingerprint density at radius 1 is 1.35 bits per heavy atom. The van der Waals surface area contributed by atoms with Crippen molar-refractivity contribution >= 4 is 9.84 Å². The molecule has 0 heterocycles. The first-order chi connectivity index (χ1) is 7.86. The fourth-order valence-corrected chi connectivity index (χ4v) is 2.49. The molecule has 0 bridgehead atoms. The van der Waals surface area contributed by atoms with Crippen LogP contribution in [-0.2, 0) is 9.84 Å². The zero-order valence-electron chi connectivity index (χ0n) is 10.4. The van der Waals surface area contributed by atoms with Gasteiger partial charge in [-0.15, -0.1) is 0 Å². The Morgan fingerprint density at radius 3 is 2.53 bits per heavy atom. The Hall–Kier alpha value is -1.07. The van der Waals surface area contributed by atoms with E-state index in [0.29, 0.717) is 5.75 Å². The molecule has 96 valence electrons. The van der Waals surface area contributed by atoms with E-state index in [-0.39, 0.29) is 5.75 Å². The second kappa shape index (κ2) is 5.51. The highest BCUT2D eigenvalue weighted by Gasteiger charge is 2.21. The molecule has 0 fully saturated rings. The van der Waals surface area contributed by atoms with Gasteiger partial charge >= 0.3 is 0 Å². The lowest BCUT2D eigenvalue weighted by Gasteiger charge is -2.15. The number of hydrogen-bond donors (Lipinski definition) is 1. The maximum atomic E-state index is 11.8. The fraction of sp³-hybridized carbons (Fsp3) is 0.500. The summed E-state index contributed by atoms with van der Waals surface area (Å²) in [5.41, 5.74) is 6.68. The highest BCUT2D eigenvalue weighted by atomic mass is 32.2. The van der Waals surface area contributed by atoms with E-state index in [4.69, 9.17) is 10.5 Å². The van der Waals surface area contributed by atoms with Crippen molar-refractivity contribution < 1.29 is 13.2 Å². The molecule has 0 saturated heterocycles. The van der Waals surface area contributed by atoms with Crippen molar-refractivity contribution in [2.45, 2.75) is 25.1 Å². The van der Waals surface area contributed by atoms with Crippen molar-refractivity contribution in [2.24, 2.45) is 5.73 Å².